The van der Waals surface area contributed by atoms with Crippen LogP contribution in [-0.4, -0.2) is 42.2 Å². The Morgan fingerprint density at radius 2 is 1.91 bits per heavy atom. The molecule has 0 radical (unpaired) electrons. The number of para-hydroxylation sites is 1. The molecule has 0 saturated carbocycles. The van der Waals surface area contributed by atoms with Crippen LogP contribution in [0.4, 0.5) is 0 Å². The average molecular weight is 497 g/mol. The number of carbonyl (C=O) groups is 1. The van der Waals surface area contributed by atoms with E-state index in [1.165, 1.54) is 43.3 Å². The van der Waals surface area contributed by atoms with Crippen LogP contribution in [0.15, 0.2) is 72.6 Å². The van der Waals surface area contributed by atoms with E-state index >= 15 is 0 Å². The van der Waals surface area contributed by atoms with Crippen molar-refractivity contribution in [1.82, 2.24) is 3.97 Å². The van der Waals surface area contributed by atoms with Gasteiger partial charge in [0.1, 0.15) is 10.5 Å². The summed E-state index contributed by atoms with van der Waals surface area (Å²) in [4.78, 5) is 22.6. The maximum absolute atomic E-state index is 13.8. The number of methoxy groups -OCH3 is 2. The van der Waals surface area contributed by atoms with Crippen LogP contribution in [0, 0.1) is 10.1 Å². The van der Waals surface area contributed by atoms with Crippen molar-refractivity contribution in [2.24, 2.45) is 0 Å². The fraction of sp³-hybridized carbons (Fsp3) is 0.240. The van der Waals surface area contributed by atoms with Crippen LogP contribution in [0.5, 0.6) is 5.75 Å². The highest BCUT2D eigenvalue weighted by molar-refractivity contribution is 7.91. The highest BCUT2D eigenvalue weighted by Crippen LogP contribution is 2.35. The zero-order valence-electron chi connectivity index (χ0n) is 19.4. The van der Waals surface area contributed by atoms with Gasteiger partial charge in [0, 0.05) is 30.2 Å². The molecule has 0 spiro atoms. The second-order valence-corrected chi connectivity index (χ2v) is 10.7. The number of hydrogen-bond donors (Lipinski definition) is 0. The van der Waals surface area contributed by atoms with Gasteiger partial charge in [-0.3, -0.25) is 10.1 Å². The first-order chi connectivity index (χ1) is 16.6. The number of fused-ring (bicyclic) bond motifs is 1. The molecular weight excluding hydrogens is 472 g/mol. The molecule has 0 bridgehead atoms. The molecule has 1 aromatic heterocycles. The molecule has 35 heavy (non-hydrogen) atoms. The van der Waals surface area contributed by atoms with Gasteiger partial charge in [-0.1, -0.05) is 30.3 Å². The summed E-state index contributed by atoms with van der Waals surface area (Å²) in [5.74, 6) is -0.0232. The van der Waals surface area contributed by atoms with Gasteiger partial charge in [-0.25, -0.2) is 17.2 Å². The Hall–Kier alpha value is -3.92. The summed E-state index contributed by atoms with van der Waals surface area (Å²) < 4.78 is 37.6. The van der Waals surface area contributed by atoms with Gasteiger partial charge in [-0.05, 0) is 42.7 Å². The predicted octanol–water partition coefficient (Wildman–Crippen LogP) is 4.08. The van der Waals surface area contributed by atoms with E-state index in [0.29, 0.717) is 23.3 Å². The minimum Gasteiger partial charge on any atom is -0.496 e. The molecule has 0 N–H and O–H groups in total. The van der Waals surface area contributed by atoms with Crippen molar-refractivity contribution in [3.63, 3.8) is 0 Å². The molecule has 4 rings (SSSR count). The van der Waals surface area contributed by atoms with Crippen molar-refractivity contribution in [3.05, 3.63) is 99.4 Å². The molecular formula is C25H24N2O7S. The normalized spacial score (nSPS) is 17.7. The van der Waals surface area contributed by atoms with Crippen LogP contribution in [0.2, 0.25) is 0 Å². The number of ether oxygens (including phenoxy) is 2. The average Bonchev–Trinajstić information content (AvgIpc) is 3.22. The van der Waals surface area contributed by atoms with Crippen molar-refractivity contribution in [3.8, 4) is 5.75 Å². The van der Waals surface area contributed by atoms with Gasteiger partial charge in [-0.15, -0.1) is 0 Å². The monoisotopic (exact) mass is 496 g/mol. The first-order valence-corrected chi connectivity index (χ1v) is 12.2. The number of esters is 1. The van der Waals surface area contributed by atoms with Crippen LogP contribution in [0.3, 0.4) is 0 Å². The number of benzene rings is 2. The number of hydrogen-bond acceptors (Lipinski definition) is 7. The van der Waals surface area contributed by atoms with E-state index in [2.05, 4.69) is 0 Å². The van der Waals surface area contributed by atoms with Crippen LogP contribution < -0.4 is 4.74 Å². The molecule has 10 heteroatoms. The highest BCUT2D eigenvalue weighted by atomic mass is 32.2. The van der Waals surface area contributed by atoms with Gasteiger partial charge < -0.3 is 9.47 Å². The van der Waals surface area contributed by atoms with Crippen molar-refractivity contribution in [2.45, 2.75) is 24.5 Å². The minimum absolute atomic E-state index is 0.108. The third-order valence-corrected chi connectivity index (χ3v) is 8.46. The summed E-state index contributed by atoms with van der Waals surface area (Å²) in [6.07, 6.45) is 6.02. The van der Waals surface area contributed by atoms with Crippen molar-refractivity contribution in [1.29, 1.82) is 0 Å². The lowest BCUT2D eigenvalue weighted by Gasteiger charge is -2.27. The molecule has 182 valence electrons. The van der Waals surface area contributed by atoms with E-state index in [1.807, 2.05) is 12.1 Å². The summed E-state index contributed by atoms with van der Waals surface area (Å²) in [5, 5.41) is 12.0. The lowest BCUT2D eigenvalue weighted by atomic mass is 10.0. The maximum Gasteiger partial charge on any atom is 0.337 e. The molecule has 2 aromatic carbocycles. The molecule has 1 unspecified atom stereocenters. The fourth-order valence-electron chi connectivity index (χ4n) is 4.25. The predicted molar refractivity (Wildman–Crippen MR) is 131 cm³/mol. The first-order valence-electron chi connectivity index (χ1n) is 10.7. The number of rotatable bonds is 7. The van der Waals surface area contributed by atoms with Crippen molar-refractivity contribution in [2.75, 3.05) is 14.2 Å². The van der Waals surface area contributed by atoms with Gasteiger partial charge >= 0.3 is 5.97 Å². The van der Waals surface area contributed by atoms with E-state index in [0.717, 1.165) is 16.5 Å². The Kier molecular flexibility index (Phi) is 6.25. The SMILES string of the molecule is COC(=O)c1ccc(Cc2cn(S(=O)(=O)C3(C)C=C([N+](=O)[O-])C=CC3)c3ccccc23)c(OC)c1. The Labute approximate surface area is 202 Å². The molecule has 0 amide bonds. The van der Waals surface area contributed by atoms with E-state index in [1.54, 1.807) is 36.5 Å². The molecule has 1 aliphatic rings. The summed E-state index contributed by atoms with van der Waals surface area (Å²) in [5.41, 5.74) is 2.03. The number of aromatic nitrogens is 1. The fourth-order valence-corrected chi connectivity index (χ4v) is 5.96. The van der Waals surface area contributed by atoms with Gasteiger partial charge in [0.15, 0.2) is 0 Å². The largest absolute Gasteiger partial charge is 0.496 e. The van der Waals surface area contributed by atoms with Gasteiger partial charge in [-0.2, -0.15) is 0 Å². The maximum atomic E-state index is 13.8. The lowest BCUT2D eigenvalue weighted by molar-refractivity contribution is -0.419. The standard InChI is InChI=1S/C25H24N2O7S/c1-25(12-6-7-20(15-25)27(29)30)35(31,32)26-16-19(21-8-4-5-9-22(21)26)13-17-10-11-18(24(28)34-3)14-23(17)33-2/h4-11,14-16H,12-13H2,1-3H3. The van der Waals surface area contributed by atoms with Crippen LogP contribution in [0.1, 0.15) is 34.8 Å². The Morgan fingerprint density at radius 3 is 2.60 bits per heavy atom. The van der Waals surface area contributed by atoms with Crippen molar-refractivity contribution < 1.29 is 27.6 Å². The van der Waals surface area contributed by atoms with Crippen molar-refractivity contribution >= 4 is 26.9 Å². The van der Waals surface area contributed by atoms with Crippen LogP contribution in [0.25, 0.3) is 10.9 Å². The molecule has 1 heterocycles. The minimum atomic E-state index is -4.07. The summed E-state index contributed by atoms with van der Waals surface area (Å²) >= 11 is 0. The third-order valence-electron chi connectivity index (χ3n) is 6.17. The van der Waals surface area contributed by atoms with Crippen LogP contribution >= 0.6 is 0 Å². The summed E-state index contributed by atoms with van der Waals surface area (Å²) in [6.45, 7) is 1.48. The molecule has 3 aromatic rings. The summed E-state index contributed by atoms with van der Waals surface area (Å²) in [6, 6.07) is 12.0. The second-order valence-electron chi connectivity index (χ2n) is 8.41. The molecule has 0 aliphatic heterocycles. The van der Waals surface area contributed by atoms with E-state index in [9.17, 15) is 23.3 Å². The van der Waals surface area contributed by atoms with Crippen LogP contribution in [-0.2, 0) is 21.2 Å². The van der Waals surface area contributed by atoms with Gasteiger partial charge in [0.25, 0.3) is 5.70 Å². The first kappa shape index (κ1) is 24.2. The Balaban J connectivity index is 1.81. The number of nitrogens with zero attached hydrogens (tertiary/aromatic N) is 2. The van der Waals surface area contributed by atoms with E-state index < -0.39 is 25.7 Å². The molecule has 1 atom stereocenters. The zero-order valence-corrected chi connectivity index (χ0v) is 20.2. The quantitative estimate of drug-likeness (QED) is 0.275. The Bertz CT molecular complexity index is 1500. The third kappa shape index (κ3) is 4.21. The second kappa shape index (κ2) is 9.03. The molecule has 0 fully saturated rings. The molecule has 0 saturated heterocycles. The highest BCUT2D eigenvalue weighted by Gasteiger charge is 2.42. The topological polar surface area (TPSA) is 118 Å². The lowest BCUT2D eigenvalue weighted by Crippen LogP contribution is -2.38. The zero-order chi connectivity index (χ0) is 25.4. The summed E-state index contributed by atoms with van der Waals surface area (Å²) in [7, 11) is -1.28. The molecule has 1 aliphatic carbocycles. The van der Waals surface area contributed by atoms with Gasteiger partial charge in [0.2, 0.25) is 10.0 Å². The number of nitro groups is 1. The smallest absolute Gasteiger partial charge is 0.337 e. The van der Waals surface area contributed by atoms with E-state index in [4.69, 9.17) is 9.47 Å². The van der Waals surface area contributed by atoms with Gasteiger partial charge in [0.05, 0.1) is 30.2 Å². The molecule has 9 nitrogen and oxygen atoms in total. The number of allylic oxidation sites excluding steroid dienone is 2. The number of carbonyl (C=O) groups excluding carboxylic acids is 1. The Morgan fingerprint density at radius 1 is 1.17 bits per heavy atom. The van der Waals surface area contributed by atoms with E-state index in [-0.39, 0.29) is 12.1 Å².